The van der Waals surface area contributed by atoms with Gasteiger partial charge in [0.15, 0.2) is 0 Å². The molecule has 0 radical (unpaired) electrons. The van der Waals surface area contributed by atoms with Crippen molar-refractivity contribution in [2.45, 2.75) is 51.0 Å². The fourth-order valence-corrected chi connectivity index (χ4v) is 4.08. The standard InChI is InChI=1S/C18H23NO3/c20-17(12-14-8-3-4-9-15(14)18(21)22)19-11-5-10-16(19)13-6-1-2-7-13/h3-4,8-9,13,16H,1-2,5-7,10-12H2,(H,21,22). The number of carbonyl (C=O) groups is 2. The van der Waals surface area contributed by atoms with Gasteiger partial charge in [-0.1, -0.05) is 31.0 Å². The molecule has 1 saturated carbocycles. The third-order valence-electron chi connectivity index (χ3n) is 5.15. The van der Waals surface area contributed by atoms with E-state index in [-0.39, 0.29) is 17.9 Å². The molecule has 1 aromatic carbocycles. The van der Waals surface area contributed by atoms with Crippen LogP contribution in [-0.4, -0.2) is 34.5 Å². The van der Waals surface area contributed by atoms with Crippen LogP contribution in [0, 0.1) is 5.92 Å². The minimum absolute atomic E-state index is 0.0862. The monoisotopic (exact) mass is 301 g/mol. The first kappa shape index (κ1) is 15.1. The molecular formula is C18H23NO3. The summed E-state index contributed by atoms with van der Waals surface area (Å²) in [5.41, 5.74) is 0.865. The molecule has 0 aromatic heterocycles. The molecule has 2 aliphatic rings. The zero-order valence-corrected chi connectivity index (χ0v) is 12.8. The summed E-state index contributed by atoms with van der Waals surface area (Å²) in [7, 11) is 0. The van der Waals surface area contributed by atoms with E-state index >= 15 is 0 Å². The Morgan fingerprint density at radius 1 is 1.09 bits per heavy atom. The summed E-state index contributed by atoms with van der Waals surface area (Å²) in [4.78, 5) is 26.0. The van der Waals surface area contributed by atoms with Crippen LogP contribution in [0.15, 0.2) is 24.3 Å². The van der Waals surface area contributed by atoms with Crippen LogP contribution in [0.2, 0.25) is 0 Å². The van der Waals surface area contributed by atoms with Crippen LogP contribution in [0.25, 0.3) is 0 Å². The van der Waals surface area contributed by atoms with Gasteiger partial charge in [-0.05, 0) is 43.2 Å². The largest absolute Gasteiger partial charge is 0.478 e. The number of hydrogen-bond donors (Lipinski definition) is 1. The van der Waals surface area contributed by atoms with E-state index in [0.29, 0.717) is 17.5 Å². The molecule has 2 fully saturated rings. The van der Waals surface area contributed by atoms with E-state index in [9.17, 15) is 14.7 Å². The van der Waals surface area contributed by atoms with Crippen LogP contribution in [0.5, 0.6) is 0 Å². The van der Waals surface area contributed by atoms with Crippen molar-refractivity contribution in [3.05, 3.63) is 35.4 Å². The number of benzene rings is 1. The van der Waals surface area contributed by atoms with Gasteiger partial charge in [0.1, 0.15) is 0 Å². The third-order valence-corrected chi connectivity index (χ3v) is 5.15. The molecule has 1 heterocycles. The van der Waals surface area contributed by atoms with Crippen LogP contribution in [0.3, 0.4) is 0 Å². The van der Waals surface area contributed by atoms with Gasteiger partial charge in [-0.25, -0.2) is 4.79 Å². The number of carboxylic acid groups (broad SMARTS) is 1. The van der Waals surface area contributed by atoms with Crippen molar-refractivity contribution in [1.29, 1.82) is 0 Å². The Morgan fingerprint density at radius 2 is 1.82 bits per heavy atom. The fourth-order valence-electron chi connectivity index (χ4n) is 4.08. The maximum atomic E-state index is 12.7. The molecule has 1 saturated heterocycles. The number of amides is 1. The summed E-state index contributed by atoms with van der Waals surface area (Å²) in [6.07, 6.45) is 7.42. The molecular weight excluding hydrogens is 278 g/mol. The Hall–Kier alpha value is -1.84. The van der Waals surface area contributed by atoms with E-state index < -0.39 is 5.97 Å². The van der Waals surface area contributed by atoms with E-state index in [2.05, 4.69) is 0 Å². The molecule has 1 aliphatic heterocycles. The second-order valence-electron chi connectivity index (χ2n) is 6.48. The molecule has 1 unspecified atom stereocenters. The zero-order chi connectivity index (χ0) is 15.5. The molecule has 118 valence electrons. The van der Waals surface area contributed by atoms with Gasteiger partial charge < -0.3 is 10.0 Å². The van der Waals surface area contributed by atoms with Crippen LogP contribution in [0.1, 0.15) is 54.4 Å². The average molecular weight is 301 g/mol. The van der Waals surface area contributed by atoms with Crippen molar-refractivity contribution in [3.63, 3.8) is 0 Å². The van der Waals surface area contributed by atoms with Gasteiger partial charge in [-0.2, -0.15) is 0 Å². The van der Waals surface area contributed by atoms with Crippen LogP contribution >= 0.6 is 0 Å². The maximum Gasteiger partial charge on any atom is 0.335 e. The van der Waals surface area contributed by atoms with Crippen LogP contribution in [0.4, 0.5) is 0 Å². The molecule has 22 heavy (non-hydrogen) atoms. The summed E-state index contributed by atoms with van der Waals surface area (Å²) >= 11 is 0. The second-order valence-corrected chi connectivity index (χ2v) is 6.48. The highest BCUT2D eigenvalue weighted by molar-refractivity contribution is 5.91. The van der Waals surface area contributed by atoms with Gasteiger partial charge in [0, 0.05) is 12.6 Å². The van der Waals surface area contributed by atoms with Crippen molar-refractivity contribution < 1.29 is 14.7 Å². The lowest BCUT2D eigenvalue weighted by molar-refractivity contribution is -0.132. The first-order valence-electron chi connectivity index (χ1n) is 8.27. The molecule has 4 nitrogen and oxygen atoms in total. The van der Waals surface area contributed by atoms with E-state index in [1.54, 1.807) is 24.3 Å². The van der Waals surface area contributed by atoms with Crippen molar-refractivity contribution in [3.8, 4) is 0 Å². The smallest absolute Gasteiger partial charge is 0.335 e. The summed E-state index contributed by atoms with van der Waals surface area (Å²) in [6.45, 7) is 0.829. The second kappa shape index (κ2) is 6.51. The molecule has 1 aromatic rings. The van der Waals surface area contributed by atoms with Gasteiger partial charge in [0.25, 0.3) is 0 Å². The Labute approximate surface area is 131 Å². The third kappa shape index (κ3) is 3.01. The molecule has 4 heteroatoms. The molecule has 1 amide bonds. The van der Waals surface area contributed by atoms with Gasteiger partial charge >= 0.3 is 5.97 Å². The first-order chi connectivity index (χ1) is 10.7. The molecule has 0 bridgehead atoms. The van der Waals surface area contributed by atoms with Crippen LogP contribution in [-0.2, 0) is 11.2 Å². The predicted octanol–water partition coefficient (Wildman–Crippen LogP) is 3.11. The topological polar surface area (TPSA) is 57.6 Å². The maximum absolute atomic E-state index is 12.7. The quantitative estimate of drug-likeness (QED) is 0.929. The molecule has 1 atom stereocenters. The summed E-state index contributed by atoms with van der Waals surface area (Å²) in [6, 6.07) is 7.21. The number of nitrogens with zero attached hydrogens (tertiary/aromatic N) is 1. The lowest BCUT2D eigenvalue weighted by atomic mass is 9.95. The number of hydrogen-bond acceptors (Lipinski definition) is 2. The minimum atomic E-state index is -0.961. The summed E-state index contributed by atoms with van der Waals surface area (Å²) in [5, 5.41) is 9.24. The Bertz CT molecular complexity index is 563. The van der Waals surface area contributed by atoms with E-state index in [1.807, 2.05) is 4.90 Å². The molecule has 3 rings (SSSR count). The average Bonchev–Trinajstić information content (AvgIpc) is 3.18. The van der Waals surface area contributed by atoms with Crippen molar-refractivity contribution in [2.24, 2.45) is 5.92 Å². The van der Waals surface area contributed by atoms with Crippen LogP contribution < -0.4 is 0 Å². The molecule has 1 aliphatic carbocycles. The van der Waals surface area contributed by atoms with Gasteiger partial charge in [-0.15, -0.1) is 0 Å². The number of aromatic carboxylic acids is 1. The SMILES string of the molecule is O=C(O)c1ccccc1CC(=O)N1CCCC1C1CCCC1. The van der Waals surface area contributed by atoms with E-state index in [4.69, 9.17) is 0 Å². The van der Waals surface area contributed by atoms with Gasteiger partial charge in [0.2, 0.25) is 5.91 Å². The zero-order valence-electron chi connectivity index (χ0n) is 12.8. The fraction of sp³-hybridized carbons (Fsp3) is 0.556. The minimum Gasteiger partial charge on any atom is -0.478 e. The van der Waals surface area contributed by atoms with Crippen molar-refractivity contribution in [1.82, 2.24) is 4.90 Å². The highest BCUT2D eigenvalue weighted by Crippen LogP contribution is 2.35. The number of rotatable bonds is 4. The van der Waals surface area contributed by atoms with Gasteiger partial charge in [-0.3, -0.25) is 4.79 Å². The highest BCUT2D eigenvalue weighted by atomic mass is 16.4. The van der Waals surface area contributed by atoms with Gasteiger partial charge in [0.05, 0.1) is 12.0 Å². The Kier molecular flexibility index (Phi) is 4.46. The lowest BCUT2D eigenvalue weighted by Crippen LogP contribution is -2.40. The number of likely N-dealkylation sites (tertiary alicyclic amines) is 1. The molecule has 1 N–H and O–H groups in total. The summed E-state index contributed by atoms with van der Waals surface area (Å²) < 4.78 is 0. The molecule has 0 spiro atoms. The van der Waals surface area contributed by atoms with Crippen molar-refractivity contribution in [2.75, 3.05) is 6.54 Å². The Balaban J connectivity index is 1.72. The predicted molar refractivity (Wildman–Crippen MR) is 83.8 cm³/mol. The lowest BCUT2D eigenvalue weighted by Gasteiger charge is -2.29. The summed E-state index contributed by atoms with van der Waals surface area (Å²) in [5.74, 6) is -0.221. The van der Waals surface area contributed by atoms with E-state index in [0.717, 1.165) is 19.4 Å². The number of carbonyl (C=O) groups excluding carboxylic acids is 1. The highest BCUT2D eigenvalue weighted by Gasteiger charge is 2.35. The van der Waals surface area contributed by atoms with Crippen molar-refractivity contribution >= 4 is 11.9 Å². The first-order valence-corrected chi connectivity index (χ1v) is 8.27. The Morgan fingerprint density at radius 3 is 2.55 bits per heavy atom. The van der Waals surface area contributed by atoms with E-state index in [1.165, 1.54) is 25.7 Å². The normalized spacial score (nSPS) is 22.2. The number of carboxylic acids is 1.